The van der Waals surface area contributed by atoms with Crippen LogP contribution in [0.1, 0.15) is 24.5 Å². The highest BCUT2D eigenvalue weighted by atomic mass is 16.5. The molecule has 0 saturated carbocycles. The Hall–Kier alpha value is -2.06. The number of anilines is 1. The molecule has 2 heteroatoms. The predicted octanol–water partition coefficient (Wildman–Crippen LogP) is 4.20. The van der Waals surface area contributed by atoms with Gasteiger partial charge in [0.05, 0.1) is 12.0 Å². The maximum atomic E-state index is 6.08. The number of fused-ring (bicyclic) bond motifs is 3. The summed E-state index contributed by atoms with van der Waals surface area (Å²) in [6.07, 6.45) is 5.56. The number of hydrogen-bond donors (Lipinski definition) is 1. The van der Waals surface area contributed by atoms with Gasteiger partial charge < -0.3 is 10.1 Å². The van der Waals surface area contributed by atoms with E-state index in [0.29, 0.717) is 0 Å². The van der Waals surface area contributed by atoms with Gasteiger partial charge in [0.1, 0.15) is 5.72 Å². The van der Waals surface area contributed by atoms with E-state index in [4.69, 9.17) is 4.74 Å². The summed E-state index contributed by atoms with van der Waals surface area (Å²) < 4.78 is 6.08. The zero-order chi connectivity index (χ0) is 14.3. The van der Waals surface area contributed by atoms with Crippen molar-refractivity contribution >= 4 is 11.8 Å². The van der Waals surface area contributed by atoms with Gasteiger partial charge in [0.2, 0.25) is 0 Å². The average molecular weight is 277 g/mol. The van der Waals surface area contributed by atoms with E-state index in [1.807, 2.05) is 6.07 Å². The molecule has 1 fully saturated rings. The van der Waals surface area contributed by atoms with Crippen LogP contribution in [0.4, 0.5) is 5.69 Å². The lowest BCUT2D eigenvalue weighted by Gasteiger charge is -2.34. The molecule has 0 radical (unpaired) electrons. The number of para-hydroxylation sites is 1. The monoisotopic (exact) mass is 277 g/mol. The minimum absolute atomic E-state index is 0.0839. The molecule has 0 unspecified atom stereocenters. The van der Waals surface area contributed by atoms with Crippen molar-refractivity contribution in [3.63, 3.8) is 0 Å². The first-order valence-electron chi connectivity index (χ1n) is 7.50. The van der Waals surface area contributed by atoms with E-state index in [0.717, 1.165) is 13.0 Å². The molecular formula is C19H19NO. The summed E-state index contributed by atoms with van der Waals surface area (Å²) in [4.78, 5) is 0. The molecule has 1 N–H and O–H groups in total. The average Bonchev–Trinajstić information content (AvgIpc) is 2.95. The van der Waals surface area contributed by atoms with Crippen molar-refractivity contribution in [2.24, 2.45) is 0 Å². The second-order valence-corrected chi connectivity index (χ2v) is 6.02. The number of nitrogens with one attached hydrogen (secondary N) is 1. The molecule has 2 heterocycles. The lowest BCUT2D eigenvalue weighted by Crippen LogP contribution is -2.45. The first-order valence-corrected chi connectivity index (χ1v) is 7.50. The third kappa shape index (κ3) is 1.76. The van der Waals surface area contributed by atoms with Crippen molar-refractivity contribution in [1.82, 2.24) is 0 Å². The Morgan fingerprint density at radius 2 is 1.81 bits per heavy atom. The Balaban J connectivity index is 1.82. The minimum Gasteiger partial charge on any atom is -0.357 e. The van der Waals surface area contributed by atoms with Crippen molar-refractivity contribution in [2.75, 3.05) is 11.9 Å². The molecule has 2 aromatic rings. The van der Waals surface area contributed by atoms with Crippen molar-refractivity contribution in [3.8, 4) is 0 Å². The van der Waals surface area contributed by atoms with Crippen LogP contribution < -0.4 is 5.32 Å². The Morgan fingerprint density at radius 3 is 2.67 bits per heavy atom. The molecule has 0 aliphatic carbocycles. The summed E-state index contributed by atoms with van der Waals surface area (Å²) in [5.74, 6) is 0. The molecule has 2 aromatic carbocycles. The fourth-order valence-electron chi connectivity index (χ4n) is 3.70. The molecule has 0 spiro atoms. The molecule has 2 aliphatic heterocycles. The first kappa shape index (κ1) is 12.7. The molecule has 2 atom stereocenters. The molecule has 106 valence electrons. The second-order valence-electron chi connectivity index (χ2n) is 6.02. The van der Waals surface area contributed by atoms with Crippen molar-refractivity contribution in [1.29, 1.82) is 0 Å². The molecule has 21 heavy (non-hydrogen) atoms. The summed E-state index contributed by atoms with van der Waals surface area (Å²) in [6, 6.07) is 19.0. The van der Waals surface area contributed by atoms with Crippen LogP contribution >= 0.6 is 0 Å². The lowest BCUT2D eigenvalue weighted by molar-refractivity contribution is 0.0253. The van der Waals surface area contributed by atoms with Crippen LogP contribution in [-0.2, 0) is 10.2 Å². The molecule has 0 aromatic heterocycles. The van der Waals surface area contributed by atoms with Gasteiger partial charge in [0, 0.05) is 5.69 Å². The van der Waals surface area contributed by atoms with E-state index >= 15 is 0 Å². The van der Waals surface area contributed by atoms with E-state index in [1.165, 1.54) is 16.8 Å². The van der Waals surface area contributed by atoms with E-state index in [-0.39, 0.29) is 11.1 Å². The SMILES string of the molecule is C[C@@]12Nc3ccccc3[C@]1(/C=C/c1ccccc1)CCO2. The Bertz CT molecular complexity index is 694. The zero-order valence-electron chi connectivity index (χ0n) is 12.2. The highest BCUT2D eigenvalue weighted by molar-refractivity contribution is 5.68. The maximum absolute atomic E-state index is 6.08. The van der Waals surface area contributed by atoms with E-state index in [1.54, 1.807) is 0 Å². The van der Waals surface area contributed by atoms with Gasteiger partial charge in [-0.05, 0) is 30.5 Å². The third-order valence-corrected chi connectivity index (χ3v) is 4.88. The van der Waals surface area contributed by atoms with Gasteiger partial charge in [-0.25, -0.2) is 0 Å². The quantitative estimate of drug-likeness (QED) is 0.888. The van der Waals surface area contributed by atoms with Crippen molar-refractivity contribution < 1.29 is 4.74 Å². The fourth-order valence-corrected chi connectivity index (χ4v) is 3.70. The van der Waals surface area contributed by atoms with Crippen LogP contribution in [0.15, 0.2) is 60.7 Å². The maximum Gasteiger partial charge on any atom is 0.149 e. The zero-order valence-corrected chi connectivity index (χ0v) is 12.2. The van der Waals surface area contributed by atoms with Gasteiger partial charge >= 0.3 is 0 Å². The summed E-state index contributed by atoms with van der Waals surface area (Å²) in [7, 11) is 0. The number of benzene rings is 2. The predicted molar refractivity (Wildman–Crippen MR) is 86.2 cm³/mol. The number of rotatable bonds is 2. The van der Waals surface area contributed by atoms with E-state index < -0.39 is 0 Å². The third-order valence-electron chi connectivity index (χ3n) is 4.88. The van der Waals surface area contributed by atoms with Crippen LogP contribution in [-0.4, -0.2) is 12.3 Å². The molecule has 2 nitrogen and oxygen atoms in total. The normalized spacial score (nSPS) is 30.1. The topological polar surface area (TPSA) is 21.3 Å². The molecule has 0 amide bonds. The minimum atomic E-state index is -0.345. The van der Waals surface area contributed by atoms with Crippen LogP contribution in [0, 0.1) is 0 Å². The summed E-state index contributed by atoms with van der Waals surface area (Å²) in [5, 5.41) is 3.58. The van der Waals surface area contributed by atoms with Gasteiger partial charge in [0.25, 0.3) is 0 Å². The van der Waals surface area contributed by atoms with Crippen molar-refractivity contribution in [3.05, 3.63) is 71.8 Å². The fraction of sp³-hybridized carbons (Fsp3) is 0.263. The van der Waals surface area contributed by atoms with Gasteiger partial charge in [-0.3, -0.25) is 0 Å². The Morgan fingerprint density at radius 1 is 1.05 bits per heavy atom. The van der Waals surface area contributed by atoms with Gasteiger partial charge in [-0.1, -0.05) is 60.7 Å². The number of ether oxygens (including phenoxy) is 1. The molecule has 4 rings (SSSR count). The van der Waals surface area contributed by atoms with Crippen LogP contribution in [0.25, 0.3) is 6.08 Å². The standard InChI is InChI=1S/C19H19NO/c1-18-19(13-14-21-18,12-11-15-7-3-2-4-8-15)16-9-5-6-10-17(16)20-18/h2-12,20H,13-14H2,1H3/b12-11+/t18-,19-/m0/s1. The van der Waals surface area contributed by atoms with Gasteiger partial charge in [-0.2, -0.15) is 0 Å². The molecular weight excluding hydrogens is 258 g/mol. The summed E-state index contributed by atoms with van der Waals surface area (Å²) >= 11 is 0. The lowest BCUT2D eigenvalue weighted by atomic mass is 9.73. The summed E-state index contributed by atoms with van der Waals surface area (Å²) in [5.41, 5.74) is 3.33. The van der Waals surface area contributed by atoms with E-state index in [9.17, 15) is 0 Å². The number of hydrogen-bond acceptors (Lipinski definition) is 2. The first-order chi connectivity index (χ1) is 10.2. The largest absolute Gasteiger partial charge is 0.357 e. The Labute approximate surface area is 125 Å². The van der Waals surface area contributed by atoms with E-state index in [2.05, 4.69) is 72.9 Å². The van der Waals surface area contributed by atoms with Crippen molar-refractivity contribution in [2.45, 2.75) is 24.5 Å². The Kier molecular flexibility index (Phi) is 2.69. The molecule has 1 saturated heterocycles. The second kappa shape index (κ2) is 4.47. The summed E-state index contributed by atoms with van der Waals surface area (Å²) in [6.45, 7) is 2.95. The van der Waals surface area contributed by atoms with Gasteiger partial charge in [0.15, 0.2) is 0 Å². The highest BCUT2D eigenvalue weighted by Gasteiger charge is 2.58. The molecule has 2 aliphatic rings. The molecule has 0 bridgehead atoms. The van der Waals surface area contributed by atoms with Crippen LogP contribution in [0.3, 0.4) is 0 Å². The smallest absolute Gasteiger partial charge is 0.149 e. The van der Waals surface area contributed by atoms with Gasteiger partial charge in [-0.15, -0.1) is 0 Å². The van der Waals surface area contributed by atoms with Crippen LogP contribution in [0.5, 0.6) is 0 Å². The van der Waals surface area contributed by atoms with Crippen LogP contribution in [0.2, 0.25) is 0 Å². The highest BCUT2D eigenvalue weighted by Crippen LogP contribution is 2.54.